The average Bonchev–Trinajstić information content (AvgIpc) is 2.54. The van der Waals surface area contributed by atoms with E-state index in [9.17, 15) is 4.79 Å². The summed E-state index contributed by atoms with van der Waals surface area (Å²) in [6.07, 6.45) is 6.19. The molecule has 1 unspecified atom stereocenters. The van der Waals surface area contributed by atoms with E-state index in [1.807, 2.05) is 6.07 Å². The Balaban J connectivity index is 2.04. The van der Waals surface area contributed by atoms with Crippen molar-refractivity contribution in [3.8, 4) is 0 Å². The maximum atomic E-state index is 12.1. The molecular formula is C12H14BrN3O. The smallest absolute Gasteiger partial charge is 0.247 e. The lowest BCUT2D eigenvalue weighted by molar-refractivity contribution is -0.117. The molecule has 0 saturated carbocycles. The lowest BCUT2D eigenvalue weighted by Crippen LogP contribution is -2.48. The van der Waals surface area contributed by atoms with Crippen LogP contribution in [-0.2, 0) is 4.79 Å². The summed E-state index contributed by atoms with van der Waals surface area (Å²) in [4.78, 5) is 18.7. The average molecular weight is 296 g/mol. The van der Waals surface area contributed by atoms with Crippen LogP contribution in [0, 0.1) is 0 Å². The van der Waals surface area contributed by atoms with Gasteiger partial charge in [0, 0.05) is 17.2 Å². The van der Waals surface area contributed by atoms with Crippen LogP contribution in [0.5, 0.6) is 0 Å². The first-order valence-electron chi connectivity index (χ1n) is 5.99. The van der Waals surface area contributed by atoms with Gasteiger partial charge < -0.3 is 10.2 Å². The highest BCUT2D eigenvalue weighted by Crippen LogP contribution is 2.34. The molecule has 1 fully saturated rings. The molecule has 1 atom stereocenters. The Morgan fingerprint density at radius 1 is 1.41 bits per heavy atom. The van der Waals surface area contributed by atoms with Crippen LogP contribution >= 0.6 is 15.9 Å². The Morgan fingerprint density at radius 3 is 3.18 bits per heavy atom. The number of anilines is 2. The van der Waals surface area contributed by atoms with Crippen molar-refractivity contribution in [2.75, 3.05) is 16.8 Å². The third-order valence-corrected chi connectivity index (χ3v) is 3.85. The van der Waals surface area contributed by atoms with Gasteiger partial charge in [-0.3, -0.25) is 4.79 Å². The number of hydrogen-bond acceptors (Lipinski definition) is 3. The van der Waals surface area contributed by atoms with Crippen molar-refractivity contribution < 1.29 is 4.79 Å². The number of carbonyl (C=O) groups is 1. The van der Waals surface area contributed by atoms with Crippen LogP contribution in [0.3, 0.4) is 0 Å². The van der Waals surface area contributed by atoms with Crippen molar-refractivity contribution in [1.82, 2.24) is 4.98 Å². The molecule has 1 aromatic heterocycles. The van der Waals surface area contributed by atoms with Gasteiger partial charge in [-0.1, -0.05) is 12.8 Å². The van der Waals surface area contributed by atoms with Crippen LogP contribution in [0.2, 0.25) is 0 Å². The van der Waals surface area contributed by atoms with E-state index in [0.29, 0.717) is 0 Å². The van der Waals surface area contributed by atoms with Crippen molar-refractivity contribution in [2.45, 2.75) is 31.7 Å². The van der Waals surface area contributed by atoms with Crippen molar-refractivity contribution in [2.24, 2.45) is 0 Å². The van der Waals surface area contributed by atoms with Gasteiger partial charge >= 0.3 is 0 Å². The molecule has 2 aliphatic rings. The summed E-state index contributed by atoms with van der Waals surface area (Å²) >= 11 is 3.38. The summed E-state index contributed by atoms with van der Waals surface area (Å²) in [5.74, 6) is 1.03. The van der Waals surface area contributed by atoms with Gasteiger partial charge in [0.25, 0.3) is 0 Å². The highest BCUT2D eigenvalue weighted by atomic mass is 79.9. The monoisotopic (exact) mass is 295 g/mol. The number of aromatic nitrogens is 1. The molecule has 3 rings (SSSR count). The Labute approximate surface area is 109 Å². The van der Waals surface area contributed by atoms with Gasteiger partial charge in [-0.15, -0.1) is 0 Å². The van der Waals surface area contributed by atoms with Crippen molar-refractivity contribution in [1.29, 1.82) is 0 Å². The SMILES string of the molecule is O=C1Nc2cc(Br)cnc2N2CCCCCC12. The van der Waals surface area contributed by atoms with Gasteiger partial charge in [-0.2, -0.15) is 0 Å². The van der Waals surface area contributed by atoms with E-state index in [2.05, 4.69) is 31.1 Å². The number of hydrogen-bond donors (Lipinski definition) is 1. The lowest BCUT2D eigenvalue weighted by Gasteiger charge is -2.35. The minimum Gasteiger partial charge on any atom is -0.343 e. The molecule has 3 heterocycles. The molecule has 5 heteroatoms. The molecule has 0 bridgehead atoms. The number of pyridine rings is 1. The highest BCUT2D eigenvalue weighted by Gasteiger charge is 2.34. The van der Waals surface area contributed by atoms with E-state index in [-0.39, 0.29) is 11.9 Å². The number of nitrogens with one attached hydrogen (secondary N) is 1. The fourth-order valence-electron chi connectivity index (χ4n) is 2.60. The second-order valence-electron chi connectivity index (χ2n) is 4.57. The summed E-state index contributed by atoms with van der Waals surface area (Å²) in [5, 5.41) is 2.95. The van der Waals surface area contributed by atoms with E-state index in [1.165, 1.54) is 6.42 Å². The van der Waals surface area contributed by atoms with Crippen LogP contribution in [0.4, 0.5) is 11.5 Å². The Hall–Kier alpha value is -1.10. The molecule has 4 nitrogen and oxygen atoms in total. The summed E-state index contributed by atoms with van der Waals surface area (Å²) in [5.41, 5.74) is 0.822. The van der Waals surface area contributed by atoms with E-state index in [0.717, 1.165) is 41.8 Å². The minimum absolute atomic E-state index is 0.0290. The number of nitrogens with zero attached hydrogens (tertiary/aromatic N) is 2. The van der Waals surface area contributed by atoms with Crippen molar-refractivity contribution in [3.05, 3.63) is 16.7 Å². The molecule has 0 aromatic carbocycles. The van der Waals surface area contributed by atoms with E-state index < -0.39 is 0 Å². The minimum atomic E-state index is -0.0290. The second kappa shape index (κ2) is 4.29. The predicted octanol–water partition coefficient (Wildman–Crippen LogP) is 2.55. The summed E-state index contributed by atoms with van der Waals surface area (Å²) in [7, 11) is 0. The number of carbonyl (C=O) groups excluding carboxylic acids is 1. The Bertz CT molecular complexity index is 463. The first-order chi connectivity index (χ1) is 8.25. The maximum absolute atomic E-state index is 12.1. The summed E-state index contributed by atoms with van der Waals surface area (Å²) < 4.78 is 0.893. The van der Waals surface area contributed by atoms with Crippen LogP contribution < -0.4 is 10.2 Å². The zero-order chi connectivity index (χ0) is 11.8. The zero-order valence-electron chi connectivity index (χ0n) is 9.45. The Kier molecular flexibility index (Phi) is 2.78. The van der Waals surface area contributed by atoms with Gasteiger partial charge in [0.2, 0.25) is 5.91 Å². The fraction of sp³-hybridized carbons (Fsp3) is 0.500. The molecule has 0 spiro atoms. The second-order valence-corrected chi connectivity index (χ2v) is 5.49. The van der Waals surface area contributed by atoms with Crippen LogP contribution in [0.25, 0.3) is 0 Å². The standard InChI is InChI=1S/C12H14BrN3O/c13-8-6-9-11(14-7-8)16-5-3-1-2-4-10(16)12(17)15-9/h6-7,10H,1-5H2,(H,15,17). The van der Waals surface area contributed by atoms with Gasteiger partial charge in [-0.05, 0) is 34.8 Å². The molecule has 17 heavy (non-hydrogen) atoms. The third-order valence-electron chi connectivity index (χ3n) is 3.42. The topological polar surface area (TPSA) is 45.2 Å². The maximum Gasteiger partial charge on any atom is 0.247 e. The number of amides is 1. The molecule has 1 aromatic rings. The molecular weight excluding hydrogens is 282 g/mol. The lowest BCUT2D eigenvalue weighted by atomic mass is 10.1. The zero-order valence-corrected chi connectivity index (χ0v) is 11.0. The van der Waals surface area contributed by atoms with Crippen molar-refractivity contribution >= 4 is 33.3 Å². The fourth-order valence-corrected chi connectivity index (χ4v) is 2.93. The third kappa shape index (κ3) is 1.92. The van der Waals surface area contributed by atoms with Crippen LogP contribution in [0.1, 0.15) is 25.7 Å². The van der Waals surface area contributed by atoms with Crippen molar-refractivity contribution in [3.63, 3.8) is 0 Å². The van der Waals surface area contributed by atoms with Gasteiger partial charge in [0.1, 0.15) is 6.04 Å². The molecule has 0 aliphatic carbocycles. The quantitative estimate of drug-likeness (QED) is 0.800. The normalized spacial score (nSPS) is 23.5. The van der Waals surface area contributed by atoms with Gasteiger partial charge in [-0.25, -0.2) is 4.98 Å². The van der Waals surface area contributed by atoms with Gasteiger partial charge in [0.15, 0.2) is 5.82 Å². The molecule has 1 amide bonds. The van der Waals surface area contributed by atoms with E-state index in [1.54, 1.807) is 6.20 Å². The molecule has 1 N–H and O–H groups in total. The largest absolute Gasteiger partial charge is 0.343 e. The van der Waals surface area contributed by atoms with Gasteiger partial charge in [0.05, 0.1) is 5.69 Å². The molecule has 90 valence electrons. The molecule has 1 saturated heterocycles. The Morgan fingerprint density at radius 2 is 2.29 bits per heavy atom. The van der Waals surface area contributed by atoms with Crippen LogP contribution in [-0.4, -0.2) is 23.5 Å². The van der Waals surface area contributed by atoms with E-state index >= 15 is 0 Å². The summed E-state index contributed by atoms with van der Waals surface area (Å²) in [6, 6.07) is 1.89. The van der Waals surface area contributed by atoms with Crippen LogP contribution in [0.15, 0.2) is 16.7 Å². The number of rotatable bonds is 0. The first-order valence-corrected chi connectivity index (χ1v) is 6.78. The molecule has 0 radical (unpaired) electrons. The predicted molar refractivity (Wildman–Crippen MR) is 70.2 cm³/mol. The summed E-state index contributed by atoms with van der Waals surface area (Å²) in [6.45, 7) is 0.930. The number of halogens is 1. The number of fused-ring (bicyclic) bond motifs is 3. The highest BCUT2D eigenvalue weighted by molar-refractivity contribution is 9.10. The molecule has 2 aliphatic heterocycles. The first kappa shape index (κ1) is 11.0. The van der Waals surface area contributed by atoms with E-state index in [4.69, 9.17) is 0 Å².